The van der Waals surface area contributed by atoms with Crippen molar-refractivity contribution in [3.05, 3.63) is 11.6 Å². The van der Waals surface area contributed by atoms with Gasteiger partial charge in [-0.3, -0.25) is 4.79 Å². The topological polar surface area (TPSA) is 43.4 Å². The second-order valence-corrected chi connectivity index (χ2v) is 6.25. The summed E-state index contributed by atoms with van der Waals surface area (Å²) in [4.78, 5) is 23.2. The molecule has 0 spiro atoms. The highest BCUT2D eigenvalue weighted by Gasteiger charge is 2.51. The summed E-state index contributed by atoms with van der Waals surface area (Å²) in [5.74, 6) is 2.17. The summed E-state index contributed by atoms with van der Waals surface area (Å²) < 4.78 is 5.30. The van der Waals surface area contributed by atoms with Crippen LogP contribution < -0.4 is 0 Å². The summed E-state index contributed by atoms with van der Waals surface area (Å²) in [6.07, 6.45) is 4.09. The Labute approximate surface area is 105 Å². The number of carbonyl (C=O) groups excluding carboxylic acids is 2. The van der Waals surface area contributed by atoms with Crippen LogP contribution in [0.2, 0.25) is 0 Å². The van der Waals surface area contributed by atoms with Gasteiger partial charge >= 0.3 is 5.97 Å². The number of esters is 1. The Morgan fingerprint density at radius 1 is 1.53 bits per heavy atom. The van der Waals surface area contributed by atoms with E-state index in [1.54, 1.807) is 0 Å². The van der Waals surface area contributed by atoms with Gasteiger partial charge in [0, 0.05) is 17.6 Å². The predicted molar refractivity (Wildman–Crippen MR) is 65.6 cm³/mol. The molecular formula is C13H16O3S. The third-order valence-electron chi connectivity index (χ3n) is 4.31. The van der Waals surface area contributed by atoms with Crippen LogP contribution >= 0.6 is 11.8 Å². The molecule has 0 bridgehead atoms. The number of fused-ring (bicyclic) bond motifs is 2. The van der Waals surface area contributed by atoms with Crippen molar-refractivity contribution in [1.29, 1.82) is 0 Å². The molecule has 2 aliphatic heterocycles. The normalized spacial score (nSPS) is 44.4. The Kier molecular flexibility index (Phi) is 2.77. The maximum Gasteiger partial charge on any atom is 0.313 e. The number of cyclic esters (lactones) is 1. The van der Waals surface area contributed by atoms with Crippen LogP contribution in [0.15, 0.2) is 11.6 Å². The Bertz CT molecular complexity index is 390. The van der Waals surface area contributed by atoms with Crippen LogP contribution in [-0.2, 0) is 14.3 Å². The highest BCUT2D eigenvalue weighted by atomic mass is 32.2. The van der Waals surface area contributed by atoms with E-state index in [9.17, 15) is 9.59 Å². The Hall–Kier alpha value is -0.770. The minimum absolute atomic E-state index is 0.0256. The van der Waals surface area contributed by atoms with Crippen molar-refractivity contribution in [2.45, 2.75) is 19.4 Å². The maximum atomic E-state index is 11.8. The number of hydrogen-bond donors (Lipinski definition) is 0. The van der Waals surface area contributed by atoms with Crippen molar-refractivity contribution in [1.82, 2.24) is 0 Å². The van der Waals surface area contributed by atoms with Crippen LogP contribution in [0.4, 0.5) is 0 Å². The minimum atomic E-state index is -0.176. The summed E-state index contributed by atoms with van der Waals surface area (Å²) >= 11 is 1.89. The molecule has 17 heavy (non-hydrogen) atoms. The SMILES string of the molecule is C[C@H]1OC(=O)[C@@H]2C=C3CSCC[C@H]3[C@H](C=O)[C@H]12. The molecule has 2 saturated heterocycles. The quantitative estimate of drug-likeness (QED) is 0.404. The second-order valence-electron chi connectivity index (χ2n) is 5.15. The number of ether oxygens (including phenoxy) is 1. The van der Waals surface area contributed by atoms with Crippen LogP contribution in [0.5, 0.6) is 0 Å². The molecule has 0 aromatic heterocycles. The molecule has 0 aromatic rings. The van der Waals surface area contributed by atoms with E-state index in [1.807, 2.05) is 18.7 Å². The largest absolute Gasteiger partial charge is 0.462 e. The predicted octanol–water partition coefficient (Wildman–Crippen LogP) is 1.67. The summed E-state index contributed by atoms with van der Waals surface area (Å²) in [6, 6.07) is 0. The van der Waals surface area contributed by atoms with Gasteiger partial charge in [0.2, 0.25) is 0 Å². The van der Waals surface area contributed by atoms with Crippen LogP contribution in [0.3, 0.4) is 0 Å². The molecular weight excluding hydrogens is 236 g/mol. The Morgan fingerprint density at radius 2 is 2.35 bits per heavy atom. The first-order valence-electron chi connectivity index (χ1n) is 6.16. The van der Waals surface area contributed by atoms with Crippen LogP contribution in [0.25, 0.3) is 0 Å². The van der Waals surface area contributed by atoms with E-state index in [1.165, 1.54) is 5.57 Å². The fraction of sp³-hybridized carbons (Fsp3) is 0.692. The molecule has 5 atom stereocenters. The number of thioether (sulfide) groups is 1. The molecule has 0 saturated carbocycles. The average Bonchev–Trinajstić information content (AvgIpc) is 2.62. The van der Waals surface area contributed by atoms with Gasteiger partial charge < -0.3 is 9.53 Å². The van der Waals surface area contributed by atoms with E-state index < -0.39 is 0 Å². The molecule has 0 amide bonds. The van der Waals surface area contributed by atoms with E-state index in [0.29, 0.717) is 5.92 Å². The number of rotatable bonds is 1. The lowest BCUT2D eigenvalue weighted by Crippen LogP contribution is -2.39. The van der Waals surface area contributed by atoms with Crippen molar-refractivity contribution < 1.29 is 14.3 Å². The van der Waals surface area contributed by atoms with Crippen molar-refractivity contribution >= 4 is 24.0 Å². The standard InChI is InChI=1S/C13H16O3S/c1-7-12-10(13(15)16-7)4-8-6-17-3-2-9(8)11(12)5-14/h4-5,7,9-12H,2-3,6H2,1H3/t7-,9-,10-,11+,12-/m1/s1. The van der Waals surface area contributed by atoms with Crippen molar-refractivity contribution in [2.75, 3.05) is 11.5 Å². The van der Waals surface area contributed by atoms with Gasteiger partial charge in [-0.1, -0.05) is 11.6 Å². The molecule has 92 valence electrons. The molecule has 2 heterocycles. The molecule has 0 radical (unpaired) electrons. The zero-order chi connectivity index (χ0) is 12.0. The highest BCUT2D eigenvalue weighted by molar-refractivity contribution is 7.99. The Balaban J connectivity index is 2.00. The zero-order valence-electron chi connectivity index (χ0n) is 9.80. The Morgan fingerprint density at radius 3 is 3.12 bits per heavy atom. The van der Waals surface area contributed by atoms with E-state index >= 15 is 0 Å². The second kappa shape index (κ2) is 4.16. The fourth-order valence-corrected chi connectivity index (χ4v) is 4.62. The molecule has 3 aliphatic rings. The van der Waals surface area contributed by atoms with Gasteiger partial charge in [0.1, 0.15) is 12.4 Å². The van der Waals surface area contributed by atoms with Gasteiger partial charge in [0.05, 0.1) is 5.92 Å². The van der Waals surface area contributed by atoms with Crippen molar-refractivity contribution in [3.8, 4) is 0 Å². The van der Waals surface area contributed by atoms with E-state index in [0.717, 1.165) is 24.2 Å². The highest BCUT2D eigenvalue weighted by Crippen LogP contribution is 2.48. The molecule has 0 unspecified atom stereocenters. The number of carbonyl (C=O) groups is 2. The fourth-order valence-electron chi connectivity index (χ4n) is 3.51. The van der Waals surface area contributed by atoms with E-state index in [4.69, 9.17) is 4.74 Å². The summed E-state index contributed by atoms with van der Waals surface area (Å²) in [5, 5.41) is 0. The number of aldehydes is 1. The lowest BCUT2D eigenvalue weighted by atomic mass is 9.66. The number of hydrogen-bond acceptors (Lipinski definition) is 4. The molecule has 4 heteroatoms. The van der Waals surface area contributed by atoms with E-state index in [2.05, 4.69) is 6.08 Å². The van der Waals surface area contributed by atoms with Gasteiger partial charge in [-0.25, -0.2) is 0 Å². The molecule has 3 nitrogen and oxygen atoms in total. The van der Waals surface area contributed by atoms with Gasteiger partial charge in [-0.2, -0.15) is 11.8 Å². The zero-order valence-corrected chi connectivity index (χ0v) is 10.6. The third kappa shape index (κ3) is 1.65. The summed E-state index contributed by atoms with van der Waals surface area (Å²) in [7, 11) is 0. The van der Waals surface area contributed by atoms with Crippen molar-refractivity contribution in [3.63, 3.8) is 0 Å². The van der Waals surface area contributed by atoms with Gasteiger partial charge in [-0.05, 0) is 25.0 Å². The smallest absolute Gasteiger partial charge is 0.313 e. The minimum Gasteiger partial charge on any atom is -0.462 e. The summed E-state index contributed by atoms with van der Waals surface area (Å²) in [5.41, 5.74) is 1.30. The molecule has 2 fully saturated rings. The monoisotopic (exact) mass is 252 g/mol. The van der Waals surface area contributed by atoms with Crippen LogP contribution in [0, 0.1) is 23.7 Å². The lowest BCUT2D eigenvalue weighted by Gasteiger charge is -2.38. The average molecular weight is 252 g/mol. The van der Waals surface area contributed by atoms with Gasteiger partial charge in [0.25, 0.3) is 0 Å². The van der Waals surface area contributed by atoms with Crippen molar-refractivity contribution in [2.24, 2.45) is 23.7 Å². The van der Waals surface area contributed by atoms with E-state index in [-0.39, 0.29) is 29.8 Å². The third-order valence-corrected chi connectivity index (χ3v) is 5.37. The summed E-state index contributed by atoms with van der Waals surface area (Å²) in [6.45, 7) is 1.91. The molecule has 0 N–H and O–H groups in total. The van der Waals surface area contributed by atoms with Crippen LogP contribution in [0.1, 0.15) is 13.3 Å². The van der Waals surface area contributed by atoms with Crippen LogP contribution in [-0.4, -0.2) is 29.9 Å². The maximum absolute atomic E-state index is 11.8. The molecule has 1 aliphatic carbocycles. The first-order valence-corrected chi connectivity index (χ1v) is 7.32. The molecule has 0 aromatic carbocycles. The van der Waals surface area contributed by atoms with Gasteiger partial charge in [0.15, 0.2) is 0 Å². The first kappa shape index (κ1) is 11.3. The lowest BCUT2D eigenvalue weighted by molar-refractivity contribution is -0.142. The first-order chi connectivity index (χ1) is 8.22. The van der Waals surface area contributed by atoms with Gasteiger partial charge in [-0.15, -0.1) is 0 Å². The molecule has 3 rings (SSSR count).